The van der Waals surface area contributed by atoms with E-state index in [1.165, 1.54) is 25.7 Å². The average Bonchev–Trinajstić information content (AvgIpc) is 3.15. The molecule has 138 valence electrons. The van der Waals surface area contributed by atoms with Gasteiger partial charge in [-0.15, -0.1) is 0 Å². The minimum atomic E-state index is 0.442. The van der Waals surface area contributed by atoms with Crippen molar-refractivity contribution in [3.63, 3.8) is 0 Å². The molecule has 0 aliphatic rings. The van der Waals surface area contributed by atoms with Crippen LogP contribution in [0.25, 0.3) is 17.1 Å². The van der Waals surface area contributed by atoms with Crippen molar-refractivity contribution in [3.8, 4) is 28.2 Å². The predicted octanol–water partition coefficient (Wildman–Crippen LogP) is 7.18. The lowest BCUT2D eigenvalue weighted by atomic mass is 9.92. The highest BCUT2D eigenvalue weighted by Gasteiger charge is 2.18. The van der Waals surface area contributed by atoms with E-state index < -0.39 is 0 Å². The Morgan fingerprint density at radius 2 is 1.59 bits per heavy atom. The molecule has 3 rings (SSSR count). The van der Waals surface area contributed by atoms with Crippen LogP contribution in [0.5, 0.6) is 0 Å². The predicted molar refractivity (Wildman–Crippen MR) is 126 cm³/mol. The summed E-state index contributed by atoms with van der Waals surface area (Å²) >= 11 is 2.19. The average molecular weight is 486 g/mol. The van der Waals surface area contributed by atoms with E-state index in [4.69, 9.17) is 0 Å². The maximum atomic E-state index is 4.68. The highest BCUT2D eigenvalue weighted by molar-refractivity contribution is 14.2. The van der Waals surface area contributed by atoms with E-state index in [1.54, 1.807) is 0 Å². The van der Waals surface area contributed by atoms with Gasteiger partial charge < -0.3 is 0 Å². The fraction of sp³-hybridized carbons (Fsp3) is 0.261. The first-order chi connectivity index (χ1) is 13.0. The van der Waals surface area contributed by atoms with E-state index >= 15 is 0 Å². The minimum Gasteiger partial charge on any atom is -0.299 e. The van der Waals surface area contributed by atoms with Crippen LogP contribution in [0.15, 0.2) is 54.9 Å². The van der Waals surface area contributed by atoms with Crippen LogP contribution in [-0.4, -0.2) is 9.55 Å². The second-order valence-corrected chi connectivity index (χ2v) is 8.78. The third-order valence-corrected chi connectivity index (χ3v) is 5.44. The molecule has 0 N–H and O–H groups in total. The molecule has 0 bridgehead atoms. The van der Waals surface area contributed by atoms with Gasteiger partial charge in [0, 0.05) is 44.7 Å². The van der Waals surface area contributed by atoms with Crippen molar-refractivity contribution >= 4 is 30.1 Å². The van der Waals surface area contributed by atoms with E-state index in [-0.39, 0.29) is 0 Å². The molecule has 0 aliphatic heterocycles. The monoisotopic (exact) mass is 486 g/mol. The highest BCUT2D eigenvalue weighted by Crippen LogP contribution is 2.33. The van der Waals surface area contributed by atoms with E-state index in [9.17, 15) is 0 Å². The van der Waals surface area contributed by atoms with Gasteiger partial charge in [0.25, 0.3) is 0 Å². The Morgan fingerprint density at radius 1 is 0.963 bits per heavy atom. The van der Waals surface area contributed by atoms with E-state index in [0.29, 0.717) is 11.8 Å². The maximum Gasteiger partial charge on any atom is 0.144 e. The fourth-order valence-corrected chi connectivity index (χ4v) is 3.75. The Hall–Kier alpha value is -1.71. The number of nitrogens with zero attached hydrogens (tertiary/aromatic N) is 2. The zero-order valence-electron chi connectivity index (χ0n) is 16.0. The zero-order valence-corrected chi connectivity index (χ0v) is 19.0. The summed E-state index contributed by atoms with van der Waals surface area (Å²) in [5.74, 6) is 4.99. The van der Waals surface area contributed by atoms with Gasteiger partial charge >= 0.3 is 0 Å². The van der Waals surface area contributed by atoms with Crippen molar-refractivity contribution in [2.75, 3.05) is 0 Å². The summed E-state index contributed by atoms with van der Waals surface area (Å²) in [6.07, 6.45) is 3.96. The molecular weight excluding hydrogens is 463 g/mol. The number of benzene rings is 2. The molecule has 1 heterocycles. The molecule has 0 fully saturated rings. The number of aromatic nitrogens is 2. The Kier molecular flexibility index (Phi) is 6.67. The third kappa shape index (κ3) is 4.41. The van der Waals surface area contributed by atoms with Crippen LogP contribution in [0.2, 0.25) is 0 Å². The summed E-state index contributed by atoms with van der Waals surface area (Å²) in [7, 11) is 1.50. The summed E-state index contributed by atoms with van der Waals surface area (Å²) in [6.45, 7) is 8.99. The molecule has 0 saturated carbocycles. The van der Waals surface area contributed by atoms with E-state index in [0.717, 1.165) is 17.0 Å². The molecule has 0 radical (unpaired) electrons. The van der Waals surface area contributed by atoms with E-state index in [1.807, 2.05) is 6.20 Å². The first-order valence-corrected chi connectivity index (χ1v) is 12.4. The maximum absolute atomic E-state index is 4.68. The van der Waals surface area contributed by atoms with E-state index in [2.05, 4.69) is 118 Å². The molecule has 0 aliphatic carbocycles. The van der Waals surface area contributed by atoms with Crippen molar-refractivity contribution < 1.29 is 0 Å². The zero-order chi connectivity index (χ0) is 19.4. The second-order valence-electron chi connectivity index (χ2n) is 7.10. The standard InChI is InChI=1S/C23H23IN2S/c1-16(2)20-6-5-7-21(17(3)4)22(20)26-14-13-25-23(26)19-10-8-18(9-11-19)12-15-27-24/h5-11,13-14,16-17H,1-4H3. The van der Waals surface area contributed by atoms with Gasteiger partial charge in [0.1, 0.15) is 5.82 Å². The summed E-state index contributed by atoms with van der Waals surface area (Å²) in [5, 5.41) is 3.03. The Morgan fingerprint density at radius 3 is 2.15 bits per heavy atom. The Bertz CT molecular complexity index is 949. The summed E-state index contributed by atoms with van der Waals surface area (Å²) < 4.78 is 2.24. The molecule has 27 heavy (non-hydrogen) atoms. The topological polar surface area (TPSA) is 17.8 Å². The van der Waals surface area contributed by atoms with Crippen LogP contribution in [0.1, 0.15) is 56.2 Å². The number of halogens is 1. The molecular formula is C23H23IN2S. The third-order valence-electron chi connectivity index (χ3n) is 4.60. The lowest BCUT2D eigenvalue weighted by Crippen LogP contribution is -2.07. The molecule has 2 nitrogen and oxygen atoms in total. The van der Waals surface area contributed by atoms with Crippen LogP contribution >= 0.6 is 30.1 Å². The largest absolute Gasteiger partial charge is 0.299 e. The number of para-hydroxylation sites is 1. The lowest BCUT2D eigenvalue weighted by Gasteiger charge is -2.21. The van der Waals surface area contributed by atoms with Gasteiger partial charge in [0.15, 0.2) is 0 Å². The van der Waals surface area contributed by atoms with Crippen molar-refractivity contribution in [2.45, 2.75) is 39.5 Å². The first kappa shape index (κ1) is 20.0. The van der Waals surface area contributed by atoms with Crippen molar-refractivity contribution in [3.05, 3.63) is 71.5 Å². The van der Waals surface area contributed by atoms with Gasteiger partial charge in [0.2, 0.25) is 0 Å². The van der Waals surface area contributed by atoms with Gasteiger partial charge in [-0.1, -0.05) is 63.9 Å². The summed E-state index contributed by atoms with van der Waals surface area (Å²) in [4.78, 5) is 4.68. The molecule has 3 aromatic rings. The molecule has 2 aromatic carbocycles. The smallest absolute Gasteiger partial charge is 0.144 e. The van der Waals surface area contributed by atoms with Gasteiger partial charge in [-0.25, -0.2) is 4.98 Å². The van der Waals surface area contributed by atoms with Gasteiger partial charge in [-0.05, 0) is 49.3 Å². The van der Waals surface area contributed by atoms with Gasteiger partial charge in [-0.2, -0.15) is 0 Å². The molecule has 0 spiro atoms. The van der Waals surface area contributed by atoms with Crippen LogP contribution in [0.3, 0.4) is 0 Å². The molecule has 0 unspecified atom stereocenters. The second kappa shape index (κ2) is 8.99. The van der Waals surface area contributed by atoms with Crippen LogP contribution < -0.4 is 0 Å². The normalized spacial score (nSPS) is 10.9. The number of hydrogen-bond donors (Lipinski definition) is 0. The lowest BCUT2D eigenvalue weighted by molar-refractivity contribution is 0.807. The van der Waals surface area contributed by atoms with Crippen molar-refractivity contribution in [2.24, 2.45) is 0 Å². The Labute approximate surface area is 178 Å². The van der Waals surface area contributed by atoms with Gasteiger partial charge in [0.05, 0.1) is 5.69 Å². The molecule has 0 atom stereocenters. The summed E-state index contributed by atoms with van der Waals surface area (Å²) in [5.41, 5.74) is 6.08. The van der Waals surface area contributed by atoms with Gasteiger partial charge in [-0.3, -0.25) is 4.57 Å². The van der Waals surface area contributed by atoms with Crippen LogP contribution in [0, 0.1) is 11.2 Å². The Balaban J connectivity index is 2.13. The van der Waals surface area contributed by atoms with Crippen LogP contribution in [0.4, 0.5) is 0 Å². The van der Waals surface area contributed by atoms with Crippen molar-refractivity contribution in [1.82, 2.24) is 9.55 Å². The quantitative estimate of drug-likeness (QED) is 0.287. The van der Waals surface area contributed by atoms with Crippen LogP contribution in [-0.2, 0) is 0 Å². The summed E-state index contributed by atoms with van der Waals surface area (Å²) in [6, 6.07) is 15.0. The first-order valence-electron chi connectivity index (χ1n) is 9.08. The SMILES string of the molecule is CC(C)c1cccc(C(C)C)c1-n1ccnc1-c1ccc(C#CSI)cc1. The fourth-order valence-electron chi connectivity index (χ4n) is 3.27. The number of hydrogen-bond acceptors (Lipinski definition) is 2. The molecule has 0 saturated heterocycles. The highest BCUT2D eigenvalue weighted by atomic mass is 127. The number of imidazole rings is 1. The molecule has 1 aromatic heterocycles. The minimum absolute atomic E-state index is 0.442. The number of rotatable bonds is 4. The molecule has 4 heteroatoms. The molecule has 0 amide bonds. The van der Waals surface area contributed by atoms with Crippen molar-refractivity contribution in [1.29, 1.82) is 0 Å².